The molecule has 162 valence electrons. The second-order valence-corrected chi connectivity index (χ2v) is 9.13. The fourth-order valence-corrected chi connectivity index (χ4v) is 5.14. The lowest BCUT2D eigenvalue weighted by molar-refractivity contribution is -0.135. The zero-order chi connectivity index (χ0) is 20.8. The van der Waals surface area contributed by atoms with Gasteiger partial charge in [-0.3, -0.25) is 14.7 Å². The SMILES string of the molecule is CN=C(NCC(c1cccs1)N(C)C)N1CCN(C(C)C(=O)N2CCCC2)CC1. The summed E-state index contributed by atoms with van der Waals surface area (Å²) < 4.78 is 0. The second kappa shape index (κ2) is 10.4. The van der Waals surface area contributed by atoms with Gasteiger partial charge in [0.2, 0.25) is 5.91 Å². The number of likely N-dealkylation sites (tertiary alicyclic amines) is 1. The molecule has 2 unspecified atom stereocenters. The van der Waals surface area contributed by atoms with E-state index in [0.717, 1.165) is 64.6 Å². The molecule has 8 heteroatoms. The van der Waals surface area contributed by atoms with E-state index in [2.05, 4.69) is 63.5 Å². The van der Waals surface area contributed by atoms with Gasteiger partial charge in [-0.1, -0.05) is 6.07 Å². The minimum Gasteiger partial charge on any atom is -0.354 e. The van der Waals surface area contributed by atoms with E-state index in [1.165, 1.54) is 4.88 Å². The van der Waals surface area contributed by atoms with Crippen molar-refractivity contribution in [1.82, 2.24) is 24.9 Å². The molecule has 0 aromatic carbocycles. The number of aliphatic imine (C=N–C) groups is 1. The van der Waals surface area contributed by atoms with E-state index in [9.17, 15) is 4.79 Å². The molecule has 1 aromatic rings. The number of thiophene rings is 1. The third kappa shape index (κ3) is 5.49. The van der Waals surface area contributed by atoms with Crippen molar-refractivity contribution in [2.45, 2.75) is 31.8 Å². The first-order chi connectivity index (χ1) is 14.0. The van der Waals surface area contributed by atoms with E-state index < -0.39 is 0 Å². The Kier molecular flexibility index (Phi) is 7.91. The summed E-state index contributed by atoms with van der Waals surface area (Å²) in [4.78, 5) is 27.5. The second-order valence-electron chi connectivity index (χ2n) is 8.15. The highest BCUT2D eigenvalue weighted by Crippen LogP contribution is 2.22. The monoisotopic (exact) mass is 420 g/mol. The number of carbonyl (C=O) groups is 1. The highest BCUT2D eigenvalue weighted by molar-refractivity contribution is 7.10. The van der Waals surface area contributed by atoms with Crippen molar-refractivity contribution in [1.29, 1.82) is 0 Å². The van der Waals surface area contributed by atoms with Crippen LogP contribution in [-0.4, -0.2) is 104 Å². The maximum atomic E-state index is 12.7. The molecular weight excluding hydrogens is 384 g/mol. The molecule has 2 saturated heterocycles. The van der Waals surface area contributed by atoms with Crippen molar-refractivity contribution in [3.05, 3.63) is 22.4 Å². The number of piperazine rings is 1. The molecule has 2 fully saturated rings. The predicted molar refractivity (Wildman–Crippen MR) is 121 cm³/mol. The summed E-state index contributed by atoms with van der Waals surface area (Å²) in [7, 11) is 6.09. The number of likely N-dealkylation sites (N-methyl/N-ethyl adjacent to an activating group) is 1. The van der Waals surface area contributed by atoms with Crippen LogP contribution in [0, 0.1) is 0 Å². The number of guanidine groups is 1. The van der Waals surface area contributed by atoms with Crippen molar-refractivity contribution in [2.24, 2.45) is 4.99 Å². The largest absolute Gasteiger partial charge is 0.354 e. The molecule has 1 aromatic heterocycles. The number of hydrogen-bond acceptors (Lipinski definition) is 5. The van der Waals surface area contributed by atoms with E-state index in [1.807, 2.05) is 11.9 Å². The van der Waals surface area contributed by atoms with E-state index in [0.29, 0.717) is 11.9 Å². The molecule has 2 aliphatic rings. The summed E-state index contributed by atoms with van der Waals surface area (Å²) in [6.07, 6.45) is 2.29. The molecular formula is C21H36N6OS. The third-order valence-corrected chi connectivity index (χ3v) is 7.07. The van der Waals surface area contributed by atoms with Gasteiger partial charge in [-0.25, -0.2) is 0 Å². The normalized spacial score (nSPS) is 20.9. The van der Waals surface area contributed by atoms with Crippen LogP contribution in [0.5, 0.6) is 0 Å². The number of nitrogens with one attached hydrogen (secondary N) is 1. The zero-order valence-corrected chi connectivity index (χ0v) is 19.1. The summed E-state index contributed by atoms with van der Waals surface area (Å²) in [6.45, 7) is 8.31. The molecule has 3 rings (SSSR count). The minimum atomic E-state index is -0.0258. The molecule has 2 aliphatic heterocycles. The van der Waals surface area contributed by atoms with Gasteiger partial charge in [0.25, 0.3) is 0 Å². The summed E-state index contributed by atoms with van der Waals surface area (Å²) in [5, 5.41) is 5.70. The van der Waals surface area contributed by atoms with Crippen LogP contribution in [0.15, 0.2) is 22.5 Å². The van der Waals surface area contributed by atoms with Gasteiger partial charge in [0.15, 0.2) is 5.96 Å². The van der Waals surface area contributed by atoms with Crippen molar-refractivity contribution in [3.8, 4) is 0 Å². The Morgan fingerprint density at radius 2 is 1.86 bits per heavy atom. The summed E-state index contributed by atoms with van der Waals surface area (Å²) in [6, 6.07) is 4.60. The molecule has 0 radical (unpaired) electrons. The molecule has 2 atom stereocenters. The predicted octanol–water partition coefficient (Wildman–Crippen LogP) is 1.55. The molecule has 0 spiro atoms. The topological polar surface area (TPSA) is 54.4 Å². The minimum absolute atomic E-state index is 0.0258. The Labute approximate surface area is 179 Å². The average Bonchev–Trinajstić information content (AvgIpc) is 3.44. The molecule has 0 bridgehead atoms. The lowest BCUT2D eigenvalue weighted by Gasteiger charge is -2.40. The fraction of sp³-hybridized carbons (Fsp3) is 0.714. The van der Waals surface area contributed by atoms with Crippen LogP contribution < -0.4 is 5.32 Å². The molecule has 29 heavy (non-hydrogen) atoms. The van der Waals surface area contributed by atoms with Crippen LogP contribution >= 0.6 is 11.3 Å². The smallest absolute Gasteiger partial charge is 0.239 e. The number of carbonyl (C=O) groups excluding carboxylic acids is 1. The lowest BCUT2D eigenvalue weighted by atomic mass is 10.2. The van der Waals surface area contributed by atoms with Gasteiger partial charge in [-0.05, 0) is 45.3 Å². The van der Waals surface area contributed by atoms with E-state index in [-0.39, 0.29) is 6.04 Å². The van der Waals surface area contributed by atoms with Gasteiger partial charge >= 0.3 is 0 Å². The average molecular weight is 421 g/mol. The first-order valence-electron chi connectivity index (χ1n) is 10.7. The molecule has 7 nitrogen and oxygen atoms in total. The summed E-state index contributed by atoms with van der Waals surface area (Å²) in [5.41, 5.74) is 0. The quantitative estimate of drug-likeness (QED) is 0.559. The van der Waals surface area contributed by atoms with E-state index in [4.69, 9.17) is 0 Å². The van der Waals surface area contributed by atoms with Crippen LogP contribution in [0.25, 0.3) is 0 Å². The Hall–Kier alpha value is -1.64. The van der Waals surface area contributed by atoms with E-state index in [1.54, 1.807) is 11.3 Å². The molecule has 0 saturated carbocycles. The van der Waals surface area contributed by atoms with Crippen molar-refractivity contribution < 1.29 is 4.79 Å². The molecule has 0 aliphatic carbocycles. The third-order valence-electron chi connectivity index (χ3n) is 6.10. The maximum Gasteiger partial charge on any atom is 0.239 e. The summed E-state index contributed by atoms with van der Waals surface area (Å²) >= 11 is 1.79. The van der Waals surface area contributed by atoms with Gasteiger partial charge in [0, 0.05) is 57.7 Å². The highest BCUT2D eigenvalue weighted by atomic mass is 32.1. The summed E-state index contributed by atoms with van der Waals surface area (Å²) in [5.74, 6) is 1.25. The Morgan fingerprint density at radius 3 is 2.41 bits per heavy atom. The molecule has 1 N–H and O–H groups in total. The Bertz CT molecular complexity index is 663. The van der Waals surface area contributed by atoms with Gasteiger partial charge in [0.05, 0.1) is 12.1 Å². The van der Waals surface area contributed by atoms with Crippen molar-refractivity contribution in [3.63, 3.8) is 0 Å². The number of hydrogen-bond donors (Lipinski definition) is 1. The Morgan fingerprint density at radius 1 is 1.17 bits per heavy atom. The fourth-order valence-electron chi connectivity index (χ4n) is 4.22. The first-order valence-corrected chi connectivity index (χ1v) is 11.6. The molecule has 1 amide bonds. The van der Waals surface area contributed by atoms with Gasteiger partial charge in [0.1, 0.15) is 0 Å². The van der Waals surface area contributed by atoms with Crippen LogP contribution in [0.2, 0.25) is 0 Å². The van der Waals surface area contributed by atoms with Crippen LogP contribution in [0.4, 0.5) is 0 Å². The number of amides is 1. The van der Waals surface area contributed by atoms with Crippen molar-refractivity contribution >= 4 is 23.2 Å². The van der Waals surface area contributed by atoms with Crippen LogP contribution in [-0.2, 0) is 4.79 Å². The highest BCUT2D eigenvalue weighted by Gasteiger charge is 2.30. The van der Waals surface area contributed by atoms with Gasteiger partial charge in [-0.2, -0.15) is 0 Å². The van der Waals surface area contributed by atoms with Gasteiger partial charge < -0.3 is 20.0 Å². The standard InChI is InChI=1S/C21H36N6OS/c1-17(20(28)26-9-5-6-10-26)25-11-13-27(14-12-25)21(22-2)23-16-18(24(3)4)19-8-7-15-29-19/h7-8,15,17-18H,5-6,9-14,16H2,1-4H3,(H,22,23). The zero-order valence-electron chi connectivity index (χ0n) is 18.3. The Balaban J connectivity index is 1.50. The van der Waals surface area contributed by atoms with E-state index >= 15 is 0 Å². The van der Waals surface area contributed by atoms with Crippen LogP contribution in [0.1, 0.15) is 30.7 Å². The number of rotatable bonds is 6. The lowest BCUT2D eigenvalue weighted by Crippen LogP contribution is -2.57. The van der Waals surface area contributed by atoms with Gasteiger partial charge in [-0.15, -0.1) is 11.3 Å². The maximum absolute atomic E-state index is 12.7. The van der Waals surface area contributed by atoms with Crippen molar-refractivity contribution in [2.75, 3.05) is 67.0 Å². The molecule has 3 heterocycles. The van der Waals surface area contributed by atoms with Crippen LogP contribution in [0.3, 0.4) is 0 Å². The number of nitrogens with zero attached hydrogens (tertiary/aromatic N) is 5. The first kappa shape index (κ1) is 22.1.